The van der Waals surface area contributed by atoms with Gasteiger partial charge >= 0.3 is 0 Å². The number of ether oxygens (including phenoxy) is 1. The normalized spacial score (nSPS) is 10.4. The van der Waals surface area contributed by atoms with E-state index in [4.69, 9.17) is 4.74 Å². The lowest BCUT2D eigenvalue weighted by molar-refractivity contribution is 0.102. The van der Waals surface area contributed by atoms with Crippen molar-refractivity contribution in [2.75, 3.05) is 5.32 Å². The predicted molar refractivity (Wildman–Crippen MR) is 94.1 cm³/mol. The van der Waals surface area contributed by atoms with Crippen molar-refractivity contribution in [1.29, 1.82) is 0 Å². The van der Waals surface area contributed by atoms with Crippen LogP contribution in [0.25, 0.3) is 0 Å². The van der Waals surface area contributed by atoms with Gasteiger partial charge in [-0.3, -0.25) is 4.79 Å². The van der Waals surface area contributed by atoms with E-state index in [0.717, 1.165) is 23.3 Å². The summed E-state index contributed by atoms with van der Waals surface area (Å²) in [6.07, 6.45) is 1.50. The number of amides is 1. The van der Waals surface area contributed by atoms with Crippen molar-refractivity contribution < 1.29 is 18.3 Å². The molecule has 0 fully saturated rings. The quantitative estimate of drug-likeness (QED) is 0.734. The first kappa shape index (κ1) is 17.5. The molecule has 1 amide bonds. The van der Waals surface area contributed by atoms with E-state index in [9.17, 15) is 13.6 Å². The van der Waals surface area contributed by atoms with Crippen molar-refractivity contribution in [3.05, 3.63) is 89.1 Å². The van der Waals surface area contributed by atoms with Gasteiger partial charge in [-0.05, 0) is 48.4 Å². The summed E-state index contributed by atoms with van der Waals surface area (Å²) in [5.74, 6) is -2.12. The highest BCUT2D eigenvalue weighted by atomic mass is 19.2. The topological polar surface area (TPSA) is 51.2 Å². The Balaban J connectivity index is 1.75. The monoisotopic (exact) mass is 354 g/mol. The first-order chi connectivity index (χ1) is 12.5. The summed E-state index contributed by atoms with van der Waals surface area (Å²) in [5, 5.41) is 2.56. The predicted octanol–water partition coefficient (Wildman–Crippen LogP) is 4.50. The summed E-state index contributed by atoms with van der Waals surface area (Å²) in [6.45, 7) is 2.29. The van der Waals surface area contributed by atoms with Gasteiger partial charge < -0.3 is 10.1 Å². The molecule has 0 radical (unpaired) electrons. The summed E-state index contributed by atoms with van der Waals surface area (Å²) in [7, 11) is 0. The Bertz CT molecular complexity index is 945. The molecule has 132 valence electrons. The highest BCUT2D eigenvalue weighted by Crippen LogP contribution is 2.23. The molecule has 1 aromatic heterocycles. The summed E-state index contributed by atoms with van der Waals surface area (Å²) in [5.41, 5.74) is 2.08. The average Bonchev–Trinajstić information content (AvgIpc) is 2.64. The molecule has 0 spiro atoms. The van der Waals surface area contributed by atoms with Crippen molar-refractivity contribution in [2.24, 2.45) is 0 Å². The number of benzene rings is 2. The third-order valence-electron chi connectivity index (χ3n) is 3.83. The molecular formula is C20H16F2N2O2. The second-order valence-corrected chi connectivity index (χ2v) is 5.65. The lowest BCUT2D eigenvalue weighted by Gasteiger charge is -2.12. The molecule has 0 saturated carbocycles. The second kappa shape index (κ2) is 7.74. The second-order valence-electron chi connectivity index (χ2n) is 5.65. The van der Waals surface area contributed by atoms with Crippen LogP contribution in [0.1, 0.15) is 21.5 Å². The van der Waals surface area contributed by atoms with Crippen molar-refractivity contribution in [1.82, 2.24) is 4.98 Å². The van der Waals surface area contributed by atoms with Crippen molar-refractivity contribution in [3.8, 4) is 5.75 Å². The SMILES string of the molecule is Cc1ccccc1COc1cccnc1NC(=O)c1ccc(F)c(F)c1. The van der Waals surface area contributed by atoms with Gasteiger partial charge in [-0.25, -0.2) is 13.8 Å². The fraction of sp³-hybridized carbons (Fsp3) is 0.100. The molecule has 2 aromatic carbocycles. The van der Waals surface area contributed by atoms with Crippen molar-refractivity contribution >= 4 is 11.7 Å². The number of aryl methyl sites for hydroxylation is 1. The minimum absolute atomic E-state index is 0.0144. The van der Waals surface area contributed by atoms with E-state index in [1.54, 1.807) is 12.1 Å². The van der Waals surface area contributed by atoms with E-state index >= 15 is 0 Å². The maximum absolute atomic E-state index is 13.3. The Morgan fingerprint density at radius 3 is 2.65 bits per heavy atom. The van der Waals surface area contributed by atoms with Crippen LogP contribution >= 0.6 is 0 Å². The molecule has 4 nitrogen and oxygen atoms in total. The number of aromatic nitrogens is 1. The van der Waals surface area contributed by atoms with Gasteiger partial charge in [-0.1, -0.05) is 24.3 Å². The van der Waals surface area contributed by atoms with Gasteiger partial charge in [0.2, 0.25) is 0 Å². The van der Waals surface area contributed by atoms with Crippen LogP contribution in [0.4, 0.5) is 14.6 Å². The maximum atomic E-state index is 13.3. The van der Waals surface area contributed by atoms with Gasteiger partial charge in [0, 0.05) is 11.8 Å². The third-order valence-corrected chi connectivity index (χ3v) is 3.83. The van der Waals surface area contributed by atoms with Crippen LogP contribution < -0.4 is 10.1 Å². The molecule has 3 aromatic rings. The number of halogens is 2. The molecule has 0 aliphatic heterocycles. The van der Waals surface area contributed by atoms with Crippen LogP contribution in [-0.4, -0.2) is 10.9 Å². The average molecular weight is 354 g/mol. The minimum Gasteiger partial charge on any atom is -0.485 e. The largest absolute Gasteiger partial charge is 0.485 e. The van der Waals surface area contributed by atoms with Gasteiger partial charge in [0.15, 0.2) is 23.2 Å². The van der Waals surface area contributed by atoms with Crippen molar-refractivity contribution in [3.63, 3.8) is 0 Å². The number of anilines is 1. The number of nitrogens with one attached hydrogen (secondary N) is 1. The molecule has 0 bridgehead atoms. The van der Waals surface area contributed by atoms with Crippen LogP contribution in [0.3, 0.4) is 0 Å². The molecular weight excluding hydrogens is 338 g/mol. The van der Waals surface area contributed by atoms with Crippen LogP contribution in [0.2, 0.25) is 0 Å². The molecule has 0 saturated heterocycles. The number of carbonyl (C=O) groups excluding carboxylic acids is 1. The Morgan fingerprint density at radius 2 is 1.88 bits per heavy atom. The van der Waals surface area contributed by atoms with Crippen molar-refractivity contribution in [2.45, 2.75) is 13.5 Å². The standard InChI is InChI=1S/C20H16F2N2O2/c1-13-5-2-3-6-15(13)12-26-18-7-4-10-23-19(18)24-20(25)14-8-9-16(21)17(22)11-14/h2-11H,12H2,1H3,(H,23,24,25). The van der Waals surface area contributed by atoms with Gasteiger partial charge in [0.25, 0.3) is 5.91 Å². The third kappa shape index (κ3) is 4.03. The Kier molecular flexibility index (Phi) is 5.22. The van der Waals surface area contributed by atoms with Gasteiger partial charge in [0.1, 0.15) is 6.61 Å². The van der Waals surface area contributed by atoms with Crippen LogP contribution in [0, 0.1) is 18.6 Å². The zero-order valence-corrected chi connectivity index (χ0v) is 14.0. The van der Waals surface area contributed by atoms with Gasteiger partial charge in [-0.2, -0.15) is 0 Å². The molecule has 1 N–H and O–H groups in total. The fourth-order valence-corrected chi connectivity index (χ4v) is 2.35. The number of nitrogens with zero attached hydrogens (tertiary/aromatic N) is 1. The Hall–Kier alpha value is -3.28. The highest BCUT2D eigenvalue weighted by molar-refractivity contribution is 6.04. The molecule has 1 heterocycles. The zero-order valence-electron chi connectivity index (χ0n) is 14.0. The molecule has 0 aliphatic rings. The Labute approximate surface area is 149 Å². The van der Waals surface area contributed by atoms with E-state index in [0.29, 0.717) is 12.4 Å². The van der Waals surface area contributed by atoms with E-state index < -0.39 is 17.5 Å². The van der Waals surface area contributed by atoms with Gasteiger partial charge in [-0.15, -0.1) is 0 Å². The van der Waals surface area contributed by atoms with E-state index in [2.05, 4.69) is 10.3 Å². The van der Waals surface area contributed by atoms with Crippen LogP contribution in [0.15, 0.2) is 60.8 Å². The summed E-state index contributed by atoms with van der Waals surface area (Å²) >= 11 is 0. The number of hydrogen-bond acceptors (Lipinski definition) is 3. The number of carbonyl (C=O) groups is 1. The summed E-state index contributed by atoms with van der Waals surface area (Å²) < 4.78 is 32.1. The minimum atomic E-state index is -1.09. The molecule has 6 heteroatoms. The molecule has 3 rings (SSSR count). The zero-order chi connectivity index (χ0) is 18.5. The van der Waals surface area contributed by atoms with Gasteiger partial charge in [0.05, 0.1) is 0 Å². The van der Waals surface area contributed by atoms with Crippen LogP contribution in [-0.2, 0) is 6.61 Å². The maximum Gasteiger partial charge on any atom is 0.257 e. The number of hydrogen-bond donors (Lipinski definition) is 1. The van der Waals surface area contributed by atoms with E-state index in [1.165, 1.54) is 12.3 Å². The molecule has 0 unspecified atom stereocenters. The van der Waals surface area contributed by atoms with Crippen LogP contribution in [0.5, 0.6) is 5.75 Å². The number of pyridine rings is 1. The number of rotatable bonds is 5. The molecule has 0 aliphatic carbocycles. The first-order valence-corrected chi connectivity index (χ1v) is 7.93. The summed E-state index contributed by atoms with van der Waals surface area (Å²) in [4.78, 5) is 16.4. The Morgan fingerprint density at radius 1 is 1.08 bits per heavy atom. The smallest absolute Gasteiger partial charge is 0.257 e. The molecule has 0 atom stereocenters. The summed E-state index contributed by atoms with van der Waals surface area (Å²) in [6, 6.07) is 14.1. The van der Waals surface area contributed by atoms with E-state index in [-0.39, 0.29) is 11.4 Å². The first-order valence-electron chi connectivity index (χ1n) is 7.93. The molecule has 26 heavy (non-hydrogen) atoms. The lowest BCUT2D eigenvalue weighted by Crippen LogP contribution is -2.14. The van der Waals surface area contributed by atoms with E-state index in [1.807, 2.05) is 31.2 Å². The highest BCUT2D eigenvalue weighted by Gasteiger charge is 2.13. The fourth-order valence-electron chi connectivity index (χ4n) is 2.35. The lowest BCUT2D eigenvalue weighted by atomic mass is 10.1.